The smallest absolute Gasteiger partial charge is 0.319 e. The molecule has 4 nitrogen and oxygen atoms in total. The van der Waals surface area contributed by atoms with Gasteiger partial charge < -0.3 is 16.0 Å². The molecule has 0 bridgehead atoms. The van der Waals surface area contributed by atoms with E-state index in [0.717, 1.165) is 44.0 Å². The quantitative estimate of drug-likeness (QED) is 0.798. The normalized spacial score (nSPS) is 19.2. The fourth-order valence-corrected chi connectivity index (χ4v) is 2.25. The maximum atomic E-state index is 13.4. The zero-order chi connectivity index (χ0) is 14.4. The minimum Gasteiger partial charge on any atom is -0.336 e. The van der Waals surface area contributed by atoms with E-state index in [9.17, 15) is 13.6 Å². The van der Waals surface area contributed by atoms with Gasteiger partial charge in [0.2, 0.25) is 0 Å². The number of benzene rings is 1. The topological polar surface area (TPSA) is 53.2 Å². The Morgan fingerprint density at radius 1 is 1.30 bits per heavy atom. The number of urea groups is 1. The highest BCUT2D eigenvalue weighted by Crippen LogP contribution is 2.15. The molecule has 1 unspecified atom stereocenters. The number of carbonyl (C=O) groups is 1. The Kier molecular flexibility index (Phi) is 5.29. The maximum Gasteiger partial charge on any atom is 0.319 e. The van der Waals surface area contributed by atoms with Crippen molar-refractivity contribution >= 4 is 11.7 Å². The molecular formula is C14H19F2N3O. The number of hydrogen-bond acceptors (Lipinski definition) is 2. The van der Waals surface area contributed by atoms with Gasteiger partial charge in [-0.05, 0) is 31.5 Å². The Morgan fingerprint density at radius 2 is 2.15 bits per heavy atom. The van der Waals surface area contributed by atoms with Gasteiger partial charge in [0, 0.05) is 18.7 Å². The van der Waals surface area contributed by atoms with Crippen molar-refractivity contribution in [2.24, 2.45) is 0 Å². The van der Waals surface area contributed by atoms with Crippen molar-refractivity contribution in [2.45, 2.75) is 31.7 Å². The van der Waals surface area contributed by atoms with Crippen molar-refractivity contribution in [1.82, 2.24) is 10.6 Å². The van der Waals surface area contributed by atoms with E-state index in [1.807, 2.05) is 0 Å². The van der Waals surface area contributed by atoms with Gasteiger partial charge in [-0.25, -0.2) is 13.6 Å². The molecule has 1 heterocycles. The van der Waals surface area contributed by atoms with E-state index in [2.05, 4.69) is 16.0 Å². The van der Waals surface area contributed by atoms with Crippen LogP contribution in [0.5, 0.6) is 0 Å². The van der Waals surface area contributed by atoms with Gasteiger partial charge in [-0.3, -0.25) is 0 Å². The van der Waals surface area contributed by atoms with Crippen LogP contribution in [-0.2, 0) is 0 Å². The van der Waals surface area contributed by atoms with Crippen LogP contribution in [0, 0.1) is 11.6 Å². The van der Waals surface area contributed by atoms with Crippen LogP contribution in [0.15, 0.2) is 18.2 Å². The zero-order valence-electron chi connectivity index (χ0n) is 11.2. The molecule has 3 N–H and O–H groups in total. The lowest BCUT2D eigenvalue weighted by Gasteiger charge is -2.16. The van der Waals surface area contributed by atoms with Gasteiger partial charge in [-0.15, -0.1) is 0 Å². The molecule has 0 radical (unpaired) electrons. The predicted octanol–water partition coefficient (Wildman–Crippen LogP) is 2.62. The first-order valence-corrected chi connectivity index (χ1v) is 6.88. The standard InChI is InChI=1S/C14H19F2N3O/c15-10-5-6-12(16)13(8-10)19-14(20)18-9-11-4-2-1-3-7-17-11/h5-6,8,11,17H,1-4,7,9H2,(H2,18,19,20). The highest BCUT2D eigenvalue weighted by molar-refractivity contribution is 5.89. The summed E-state index contributed by atoms with van der Waals surface area (Å²) in [5.74, 6) is -1.25. The van der Waals surface area contributed by atoms with Gasteiger partial charge in [-0.2, -0.15) is 0 Å². The molecule has 0 spiro atoms. The molecule has 1 saturated heterocycles. The van der Waals surface area contributed by atoms with E-state index < -0.39 is 17.7 Å². The SMILES string of the molecule is O=C(NCC1CCCCCN1)Nc1cc(F)ccc1F. The summed E-state index contributed by atoms with van der Waals surface area (Å²) < 4.78 is 26.3. The van der Waals surface area contributed by atoms with Crippen molar-refractivity contribution in [2.75, 3.05) is 18.4 Å². The Labute approximate surface area is 116 Å². The first-order chi connectivity index (χ1) is 9.65. The number of hydrogen-bond donors (Lipinski definition) is 3. The summed E-state index contributed by atoms with van der Waals surface area (Å²) in [7, 11) is 0. The van der Waals surface area contributed by atoms with Crippen molar-refractivity contribution in [1.29, 1.82) is 0 Å². The molecule has 1 fully saturated rings. The molecule has 2 rings (SSSR count). The summed E-state index contributed by atoms with van der Waals surface area (Å²) in [5, 5.41) is 8.33. The molecule has 110 valence electrons. The average Bonchev–Trinajstić information content (AvgIpc) is 2.69. The lowest BCUT2D eigenvalue weighted by molar-refractivity contribution is 0.250. The number of nitrogens with one attached hydrogen (secondary N) is 3. The number of anilines is 1. The first-order valence-electron chi connectivity index (χ1n) is 6.88. The lowest BCUT2D eigenvalue weighted by atomic mass is 10.1. The van der Waals surface area contributed by atoms with E-state index in [4.69, 9.17) is 0 Å². The minimum atomic E-state index is -0.658. The summed E-state index contributed by atoms with van der Waals surface area (Å²) >= 11 is 0. The molecular weight excluding hydrogens is 264 g/mol. The van der Waals surface area contributed by atoms with Crippen molar-refractivity contribution < 1.29 is 13.6 Å². The van der Waals surface area contributed by atoms with Gasteiger partial charge in [0.25, 0.3) is 0 Å². The molecule has 0 aliphatic carbocycles. The van der Waals surface area contributed by atoms with Gasteiger partial charge >= 0.3 is 6.03 Å². The van der Waals surface area contributed by atoms with E-state index in [1.54, 1.807) is 0 Å². The summed E-state index contributed by atoms with van der Waals surface area (Å²) in [5.41, 5.74) is -0.156. The lowest BCUT2D eigenvalue weighted by Crippen LogP contribution is -2.42. The highest BCUT2D eigenvalue weighted by atomic mass is 19.1. The summed E-state index contributed by atoms with van der Waals surface area (Å²) in [6.45, 7) is 1.43. The van der Waals surface area contributed by atoms with Gasteiger partial charge in [0.1, 0.15) is 11.6 Å². The predicted molar refractivity (Wildman–Crippen MR) is 73.6 cm³/mol. The summed E-state index contributed by atoms with van der Waals surface area (Å²) in [6, 6.07) is 2.66. The van der Waals surface area contributed by atoms with Crippen LogP contribution in [0.2, 0.25) is 0 Å². The third-order valence-electron chi connectivity index (χ3n) is 3.35. The Balaban J connectivity index is 1.81. The molecule has 2 amide bonds. The molecule has 6 heteroatoms. The number of halogens is 2. The van der Waals surface area contributed by atoms with E-state index in [1.165, 1.54) is 6.42 Å². The largest absolute Gasteiger partial charge is 0.336 e. The second-order valence-electron chi connectivity index (χ2n) is 4.96. The van der Waals surface area contributed by atoms with E-state index >= 15 is 0 Å². The second kappa shape index (κ2) is 7.19. The minimum absolute atomic E-state index is 0.156. The fourth-order valence-electron chi connectivity index (χ4n) is 2.25. The van der Waals surface area contributed by atoms with Crippen molar-refractivity contribution in [3.05, 3.63) is 29.8 Å². The third-order valence-corrected chi connectivity index (χ3v) is 3.35. The fraction of sp³-hybridized carbons (Fsp3) is 0.500. The second-order valence-corrected chi connectivity index (χ2v) is 4.96. The molecule has 0 saturated carbocycles. The third kappa shape index (κ3) is 4.45. The monoisotopic (exact) mass is 283 g/mol. The van der Waals surface area contributed by atoms with E-state index in [-0.39, 0.29) is 11.7 Å². The van der Waals surface area contributed by atoms with Crippen molar-refractivity contribution in [3.63, 3.8) is 0 Å². The van der Waals surface area contributed by atoms with Crippen LogP contribution in [0.3, 0.4) is 0 Å². The molecule has 0 aromatic heterocycles. The van der Waals surface area contributed by atoms with Crippen LogP contribution < -0.4 is 16.0 Å². The van der Waals surface area contributed by atoms with Crippen LogP contribution >= 0.6 is 0 Å². The molecule has 1 aromatic rings. The Morgan fingerprint density at radius 3 is 3.00 bits per heavy atom. The van der Waals surface area contributed by atoms with Gasteiger partial charge in [-0.1, -0.05) is 12.8 Å². The van der Waals surface area contributed by atoms with Crippen molar-refractivity contribution in [3.8, 4) is 0 Å². The molecule has 1 atom stereocenters. The molecule has 1 aliphatic heterocycles. The molecule has 1 aromatic carbocycles. The number of amides is 2. The first kappa shape index (κ1) is 14.7. The Bertz CT molecular complexity index is 460. The highest BCUT2D eigenvalue weighted by Gasteiger charge is 2.13. The van der Waals surface area contributed by atoms with E-state index in [0.29, 0.717) is 6.54 Å². The van der Waals surface area contributed by atoms with Crippen LogP contribution in [0.1, 0.15) is 25.7 Å². The maximum absolute atomic E-state index is 13.4. The molecule has 20 heavy (non-hydrogen) atoms. The zero-order valence-corrected chi connectivity index (χ0v) is 11.2. The van der Waals surface area contributed by atoms with Gasteiger partial charge in [0.15, 0.2) is 0 Å². The number of carbonyl (C=O) groups excluding carboxylic acids is 1. The summed E-state index contributed by atoms with van der Waals surface area (Å²) in [6.07, 6.45) is 4.50. The Hall–Kier alpha value is -1.69. The number of rotatable bonds is 3. The van der Waals surface area contributed by atoms with Crippen LogP contribution in [-0.4, -0.2) is 25.2 Å². The average molecular weight is 283 g/mol. The van der Waals surface area contributed by atoms with Gasteiger partial charge in [0.05, 0.1) is 5.69 Å². The van der Waals surface area contributed by atoms with Crippen LogP contribution in [0.4, 0.5) is 19.3 Å². The summed E-state index contributed by atoms with van der Waals surface area (Å²) in [4.78, 5) is 11.7. The molecule has 1 aliphatic rings. The van der Waals surface area contributed by atoms with Crippen LogP contribution in [0.25, 0.3) is 0 Å².